The average molecular weight is 242 g/mol. The highest BCUT2D eigenvalue weighted by molar-refractivity contribution is 5.85. The molecule has 1 atom stereocenters. The van der Waals surface area contributed by atoms with Crippen LogP contribution >= 0.6 is 0 Å². The Bertz CT molecular complexity index is 473. The summed E-state index contributed by atoms with van der Waals surface area (Å²) in [6, 6.07) is 0. The number of carbonyl (C=O) groups is 1. The quantitative estimate of drug-likeness (QED) is 0.555. The number of ketones is 1. The predicted octanol–water partition coefficient (Wildman–Crippen LogP) is 0.446. The number of piperidine rings is 1. The van der Waals surface area contributed by atoms with Gasteiger partial charge in [0.25, 0.3) is 0 Å². The number of aryl methyl sites for hydroxylation is 1. The van der Waals surface area contributed by atoms with Gasteiger partial charge in [-0.25, -0.2) is 9.07 Å². The minimum atomic E-state index is -1.58. The number of halogens is 1. The molecule has 1 fully saturated rings. The summed E-state index contributed by atoms with van der Waals surface area (Å²) < 4.78 is 14.6. The van der Waals surface area contributed by atoms with Gasteiger partial charge in [0, 0.05) is 20.0 Å². The lowest BCUT2D eigenvalue weighted by molar-refractivity contribution is -0.384. The number of nitrogens with zero attached hydrogens (tertiary/aromatic N) is 4. The van der Waals surface area contributed by atoms with Crippen LogP contribution in [-0.2, 0) is 11.8 Å². The molecule has 2 rings (SSSR count). The molecular formula is C9H11FN4O3. The Balaban J connectivity index is 2.31. The van der Waals surface area contributed by atoms with Crippen LogP contribution in [0.4, 0.5) is 15.9 Å². The Kier molecular flexibility index (Phi) is 2.78. The summed E-state index contributed by atoms with van der Waals surface area (Å²) in [5.41, 5.74) is -0.172. The minimum absolute atomic E-state index is 0.0590. The molecule has 1 aliphatic heterocycles. The number of carbonyl (C=O) groups excluding carboxylic acids is 1. The van der Waals surface area contributed by atoms with Crippen molar-refractivity contribution in [3.8, 4) is 0 Å². The normalized spacial score (nSPS) is 20.7. The highest BCUT2D eigenvalue weighted by Crippen LogP contribution is 2.29. The van der Waals surface area contributed by atoms with Crippen molar-refractivity contribution in [1.82, 2.24) is 9.78 Å². The van der Waals surface area contributed by atoms with Crippen molar-refractivity contribution in [3.63, 3.8) is 0 Å². The van der Waals surface area contributed by atoms with Gasteiger partial charge in [-0.2, -0.15) is 5.10 Å². The van der Waals surface area contributed by atoms with Gasteiger partial charge in [0.1, 0.15) is 6.20 Å². The fourth-order valence-electron chi connectivity index (χ4n) is 1.90. The fraction of sp³-hybridized carbons (Fsp3) is 0.556. The second-order valence-electron chi connectivity index (χ2n) is 3.86. The maximum atomic E-state index is 13.3. The molecule has 0 aliphatic carbocycles. The van der Waals surface area contributed by atoms with E-state index >= 15 is 0 Å². The van der Waals surface area contributed by atoms with E-state index in [0.717, 1.165) is 6.20 Å². The molecule has 7 nitrogen and oxygen atoms in total. The maximum absolute atomic E-state index is 13.3. The van der Waals surface area contributed by atoms with Crippen LogP contribution in [0, 0.1) is 10.1 Å². The zero-order valence-electron chi connectivity index (χ0n) is 9.17. The molecule has 17 heavy (non-hydrogen) atoms. The van der Waals surface area contributed by atoms with Gasteiger partial charge in [-0.05, 0) is 0 Å². The number of anilines is 1. The van der Waals surface area contributed by atoms with Crippen molar-refractivity contribution in [2.24, 2.45) is 7.05 Å². The number of aromatic nitrogens is 2. The van der Waals surface area contributed by atoms with E-state index in [2.05, 4.69) is 5.10 Å². The van der Waals surface area contributed by atoms with Crippen molar-refractivity contribution >= 4 is 17.3 Å². The largest absolute Gasteiger partial charge is 0.347 e. The van der Waals surface area contributed by atoms with E-state index in [1.807, 2.05) is 0 Å². The first kappa shape index (κ1) is 11.5. The number of nitro groups is 1. The Morgan fingerprint density at radius 3 is 2.94 bits per heavy atom. The zero-order chi connectivity index (χ0) is 12.6. The van der Waals surface area contributed by atoms with Gasteiger partial charge in [0.15, 0.2) is 12.0 Å². The second kappa shape index (κ2) is 4.11. The molecule has 0 amide bonds. The summed E-state index contributed by atoms with van der Waals surface area (Å²) >= 11 is 0. The average Bonchev–Trinajstić information content (AvgIpc) is 2.64. The molecule has 1 aliphatic rings. The van der Waals surface area contributed by atoms with Crippen molar-refractivity contribution in [2.45, 2.75) is 12.6 Å². The molecule has 0 aromatic carbocycles. The van der Waals surface area contributed by atoms with E-state index < -0.39 is 16.9 Å². The van der Waals surface area contributed by atoms with Crippen molar-refractivity contribution in [3.05, 3.63) is 16.3 Å². The Hall–Kier alpha value is -1.99. The molecule has 0 spiro atoms. The summed E-state index contributed by atoms with van der Waals surface area (Å²) in [5, 5.41) is 14.6. The standard InChI is InChI=1S/C9H11FN4O3/c1-12-9(7(4-11-12)14(16)17)13-3-2-8(15)6(10)5-13/h4,6H,2-3,5H2,1H3/t6-/m0/s1. The molecular weight excluding hydrogens is 231 g/mol. The van der Waals surface area contributed by atoms with Gasteiger partial charge in [-0.3, -0.25) is 14.9 Å². The monoisotopic (exact) mass is 242 g/mol. The van der Waals surface area contributed by atoms with Gasteiger partial charge >= 0.3 is 5.69 Å². The molecule has 8 heteroatoms. The van der Waals surface area contributed by atoms with Crippen LogP contribution in [0.15, 0.2) is 6.20 Å². The Labute approximate surface area is 96.0 Å². The summed E-state index contributed by atoms with van der Waals surface area (Å²) in [7, 11) is 1.55. The molecule has 1 saturated heterocycles. The van der Waals surface area contributed by atoms with Crippen molar-refractivity contribution < 1.29 is 14.1 Å². The van der Waals surface area contributed by atoms with Gasteiger partial charge in [-0.1, -0.05) is 0 Å². The number of Topliss-reactive ketones (excluding diaryl/α,β-unsaturated/α-hetero) is 1. The Morgan fingerprint density at radius 2 is 2.35 bits per heavy atom. The summed E-state index contributed by atoms with van der Waals surface area (Å²) in [5.74, 6) is -0.212. The fourth-order valence-corrected chi connectivity index (χ4v) is 1.90. The SMILES string of the molecule is Cn1ncc([N+](=O)[O-])c1N1CCC(=O)[C@@H](F)C1. The molecule has 0 radical (unpaired) electrons. The topological polar surface area (TPSA) is 81.3 Å². The minimum Gasteiger partial charge on any atom is -0.347 e. The Morgan fingerprint density at radius 1 is 1.65 bits per heavy atom. The molecule has 0 N–H and O–H groups in total. The first-order chi connectivity index (χ1) is 8.00. The number of rotatable bonds is 2. The molecule has 0 bridgehead atoms. The van der Waals surface area contributed by atoms with Crippen LogP contribution in [0.5, 0.6) is 0 Å². The molecule has 92 valence electrons. The van der Waals surface area contributed by atoms with Crippen LogP contribution in [-0.4, -0.2) is 39.7 Å². The number of hydrogen-bond acceptors (Lipinski definition) is 5. The lowest BCUT2D eigenvalue weighted by Crippen LogP contribution is -2.43. The molecule has 0 saturated carbocycles. The summed E-state index contributed by atoms with van der Waals surface area (Å²) in [4.78, 5) is 22.8. The third-order valence-corrected chi connectivity index (χ3v) is 2.74. The summed E-state index contributed by atoms with van der Waals surface area (Å²) in [6.07, 6.45) is -0.402. The van der Waals surface area contributed by atoms with Crippen LogP contribution in [0.25, 0.3) is 0 Å². The zero-order valence-corrected chi connectivity index (χ0v) is 9.17. The number of alkyl halides is 1. The molecule has 2 heterocycles. The maximum Gasteiger partial charge on any atom is 0.331 e. The smallest absolute Gasteiger partial charge is 0.331 e. The van der Waals surface area contributed by atoms with E-state index in [0.29, 0.717) is 0 Å². The number of hydrogen-bond donors (Lipinski definition) is 0. The van der Waals surface area contributed by atoms with E-state index in [4.69, 9.17) is 0 Å². The molecule has 1 aromatic rings. The lowest BCUT2D eigenvalue weighted by Gasteiger charge is -2.28. The first-order valence-electron chi connectivity index (χ1n) is 5.09. The third kappa shape index (κ3) is 1.97. The van der Waals surface area contributed by atoms with Gasteiger partial charge in [0.05, 0.1) is 11.5 Å². The third-order valence-electron chi connectivity index (χ3n) is 2.74. The van der Waals surface area contributed by atoms with E-state index in [-0.39, 0.29) is 31.0 Å². The van der Waals surface area contributed by atoms with Gasteiger partial charge in [-0.15, -0.1) is 0 Å². The van der Waals surface area contributed by atoms with E-state index in [9.17, 15) is 19.3 Å². The van der Waals surface area contributed by atoms with E-state index in [1.165, 1.54) is 9.58 Å². The lowest BCUT2D eigenvalue weighted by atomic mass is 10.1. The van der Waals surface area contributed by atoms with Crippen molar-refractivity contribution in [2.75, 3.05) is 18.0 Å². The van der Waals surface area contributed by atoms with Gasteiger partial charge in [0.2, 0.25) is 5.82 Å². The van der Waals surface area contributed by atoms with Gasteiger partial charge < -0.3 is 4.90 Å². The van der Waals surface area contributed by atoms with Crippen molar-refractivity contribution in [1.29, 1.82) is 0 Å². The van der Waals surface area contributed by atoms with Crippen LogP contribution < -0.4 is 4.90 Å². The van der Waals surface area contributed by atoms with Crippen LogP contribution in [0.2, 0.25) is 0 Å². The van der Waals surface area contributed by atoms with Crippen LogP contribution in [0.3, 0.4) is 0 Å². The highest BCUT2D eigenvalue weighted by Gasteiger charge is 2.32. The van der Waals surface area contributed by atoms with Crippen LogP contribution in [0.1, 0.15) is 6.42 Å². The first-order valence-corrected chi connectivity index (χ1v) is 5.09. The van der Waals surface area contributed by atoms with E-state index in [1.54, 1.807) is 7.05 Å². The second-order valence-corrected chi connectivity index (χ2v) is 3.86. The highest BCUT2D eigenvalue weighted by atomic mass is 19.1. The molecule has 1 aromatic heterocycles. The summed E-state index contributed by atoms with van der Waals surface area (Å²) in [6.45, 7) is 0.124. The predicted molar refractivity (Wildman–Crippen MR) is 56.6 cm³/mol. The molecule has 0 unspecified atom stereocenters.